The Morgan fingerprint density at radius 3 is 2.60 bits per heavy atom. The van der Waals surface area contributed by atoms with Crippen molar-refractivity contribution in [1.82, 2.24) is 4.90 Å². The smallest absolute Gasteiger partial charge is 0.320 e. The second-order valence-electron chi connectivity index (χ2n) is 4.29. The van der Waals surface area contributed by atoms with Gasteiger partial charge in [0.2, 0.25) is 0 Å². The number of sulfone groups is 1. The SMILES string of the molecule is O=C(O)[C@H]1CCCN1[C@H]1CCS(=O)(=O)C1. The number of hydrogen-bond donors (Lipinski definition) is 1. The summed E-state index contributed by atoms with van der Waals surface area (Å²) in [6.45, 7) is 0.719. The molecule has 0 unspecified atom stereocenters. The van der Waals surface area contributed by atoms with Gasteiger partial charge in [-0.05, 0) is 25.8 Å². The van der Waals surface area contributed by atoms with E-state index in [4.69, 9.17) is 5.11 Å². The first-order valence-corrected chi connectivity index (χ1v) is 7.01. The number of hydrogen-bond acceptors (Lipinski definition) is 4. The lowest BCUT2D eigenvalue weighted by Gasteiger charge is -2.26. The number of carbonyl (C=O) groups is 1. The van der Waals surface area contributed by atoms with E-state index in [9.17, 15) is 13.2 Å². The number of likely N-dealkylation sites (tertiary alicyclic amines) is 1. The molecule has 0 aromatic carbocycles. The molecule has 86 valence electrons. The van der Waals surface area contributed by atoms with E-state index >= 15 is 0 Å². The third-order valence-electron chi connectivity index (χ3n) is 3.26. The van der Waals surface area contributed by atoms with Crippen LogP contribution in [-0.2, 0) is 14.6 Å². The molecular formula is C9H15NO4S. The molecule has 15 heavy (non-hydrogen) atoms. The van der Waals surface area contributed by atoms with Crippen LogP contribution in [0.2, 0.25) is 0 Å². The van der Waals surface area contributed by atoms with E-state index in [0.29, 0.717) is 12.8 Å². The molecule has 2 fully saturated rings. The summed E-state index contributed by atoms with van der Waals surface area (Å²) in [5.74, 6) is -0.478. The number of carboxylic acid groups (broad SMARTS) is 1. The fourth-order valence-corrected chi connectivity index (χ4v) is 4.27. The van der Waals surface area contributed by atoms with Crippen molar-refractivity contribution in [2.75, 3.05) is 18.1 Å². The third kappa shape index (κ3) is 2.15. The molecule has 0 saturated carbocycles. The van der Waals surface area contributed by atoms with Crippen LogP contribution in [0.4, 0.5) is 0 Å². The third-order valence-corrected chi connectivity index (χ3v) is 5.01. The van der Waals surface area contributed by atoms with Gasteiger partial charge in [-0.25, -0.2) is 8.42 Å². The van der Waals surface area contributed by atoms with E-state index in [1.54, 1.807) is 0 Å². The molecule has 0 aromatic rings. The van der Waals surface area contributed by atoms with E-state index < -0.39 is 21.8 Å². The summed E-state index contributed by atoms with van der Waals surface area (Å²) in [6.07, 6.45) is 2.09. The van der Waals surface area contributed by atoms with Gasteiger partial charge in [0, 0.05) is 6.04 Å². The van der Waals surface area contributed by atoms with Crippen LogP contribution in [0.15, 0.2) is 0 Å². The summed E-state index contributed by atoms with van der Waals surface area (Å²) in [6, 6.07) is -0.540. The Hall–Kier alpha value is -0.620. The average Bonchev–Trinajstić information content (AvgIpc) is 2.69. The van der Waals surface area contributed by atoms with Gasteiger partial charge in [0.05, 0.1) is 11.5 Å². The highest BCUT2D eigenvalue weighted by molar-refractivity contribution is 7.91. The Morgan fingerprint density at radius 1 is 1.33 bits per heavy atom. The zero-order valence-electron chi connectivity index (χ0n) is 8.42. The Balaban J connectivity index is 2.08. The molecule has 2 aliphatic heterocycles. The summed E-state index contributed by atoms with van der Waals surface area (Å²) >= 11 is 0. The predicted molar refractivity (Wildman–Crippen MR) is 54.4 cm³/mol. The highest BCUT2D eigenvalue weighted by Crippen LogP contribution is 2.26. The highest BCUT2D eigenvalue weighted by Gasteiger charge is 2.40. The molecule has 2 heterocycles. The monoisotopic (exact) mass is 233 g/mol. The second-order valence-corrected chi connectivity index (χ2v) is 6.52. The van der Waals surface area contributed by atoms with Crippen LogP contribution < -0.4 is 0 Å². The molecule has 0 radical (unpaired) electrons. The lowest BCUT2D eigenvalue weighted by atomic mass is 10.2. The molecule has 2 aliphatic rings. The van der Waals surface area contributed by atoms with Crippen molar-refractivity contribution in [2.24, 2.45) is 0 Å². The van der Waals surface area contributed by atoms with Gasteiger partial charge in [-0.3, -0.25) is 9.69 Å². The highest BCUT2D eigenvalue weighted by atomic mass is 32.2. The molecular weight excluding hydrogens is 218 g/mol. The largest absolute Gasteiger partial charge is 0.480 e. The first kappa shape index (κ1) is 10.9. The maximum Gasteiger partial charge on any atom is 0.320 e. The summed E-state index contributed by atoms with van der Waals surface area (Å²) in [4.78, 5) is 12.8. The van der Waals surface area contributed by atoms with Crippen molar-refractivity contribution in [3.05, 3.63) is 0 Å². The van der Waals surface area contributed by atoms with Crippen molar-refractivity contribution in [2.45, 2.75) is 31.3 Å². The summed E-state index contributed by atoms with van der Waals surface area (Å²) in [7, 11) is -2.92. The average molecular weight is 233 g/mol. The van der Waals surface area contributed by atoms with E-state index in [-0.39, 0.29) is 17.5 Å². The molecule has 0 amide bonds. The van der Waals surface area contributed by atoms with Crippen LogP contribution in [-0.4, -0.2) is 54.5 Å². The van der Waals surface area contributed by atoms with Gasteiger partial charge < -0.3 is 5.11 Å². The Bertz CT molecular complexity index is 364. The van der Waals surface area contributed by atoms with Crippen LogP contribution >= 0.6 is 0 Å². The minimum atomic E-state index is -2.92. The maximum atomic E-state index is 11.3. The van der Waals surface area contributed by atoms with Gasteiger partial charge in [0.25, 0.3) is 0 Å². The van der Waals surface area contributed by atoms with Crippen LogP contribution in [0.1, 0.15) is 19.3 Å². The summed E-state index contributed by atoms with van der Waals surface area (Å²) in [5.41, 5.74) is 0. The summed E-state index contributed by atoms with van der Waals surface area (Å²) in [5, 5.41) is 8.98. The van der Waals surface area contributed by atoms with Crippen LogP contribution in [0, 0.1) is 0 Å². The van der Waals surface area contributed by atoms with Crippen molar-refractivity contribution in [1.29, 1.82) is 0 Å². The van der Waals surface area contributed by atoms with Crippen LogP contribution in [0.3, 0.4) is 0 Å². The fraction of sp³-hybridized carbons (Fsp3) is 0.889. The zero-order chi connectivity index (χ0) is 11.1. The Labute approximate surface area is 89.0 Å². The molecule has 2 saturated heterocycles. The van der Waals surface area contributed by atoms with Crippen LogP contribution in [0.5, 0.6) is 0 Å². The van der Waals surface area contributed by atoms with Gasteiger partial charge in [0.1, 0.15) is 6.04 Å². The van der Waals surface area contributed by atoms with Gasteiger partial charge in [-0.1, -0.05) is 0 Å². The molecule has 0 bridgehead atoms. The van der Waals surface area contributed by atoms with Crippen molar-refractivity contribution in [3.8, 4) is 0 Å². The first-order chi connectivity index (χ1) is 6.99. The molecule has 5 nitrogen and oxygen atoms in total. The quantitative estimate of drug-likeness (QED) is 0.710. The first-order valence-electron chi connectivity index (χ1n) is 5.18. The lowest BCUT2D eigenvalue weighted by molar-refractivity contribution is -0.142. The van der Waals surface area contributed by atoms with Crippen molar-refractivity contribution >= 4 is 15.8 Å². The molecule has 0 aromatic heterocycles. The molecule has 2 rings (SSSR count). The molecule has 2 atom stereocenters. The number of rotatable bonds is 2. The van der Waals surface area contributed by atoms with E-state index in [2.05, 4.69) is 0 Å². The number of aliphatic carboxylic acids is 1. The molecule has 1 N–H and O–H groups in total. The van der Waals surface area contributed by atoms with E-state index in [1.165, 1.54) is 0 Å². The number of carboxylic acids is 1. The topological polar surface area (TPSA) is 74.7 Å². The predicted octanol–water partition coefficient (Wildman–Crippen LogP) is -0.277. The summed E-state index contributed by atoms with van der Waals surface area (Å²) < 4.78 is 22.6. The van der Waals surface area contributed by atoms with Crippen molar-refractivity contribution < 1.29 is 18.3 Å². The van der Waals surface area contributed by atoms with Gasteiger partial charge in [-0.15, -0.1) is 0 Å². The second kappa shape index (κ2) is 3.75. The number of nitrogens with zero attached hydrogens (tertiary/aromatic N) is 1. The van der Waals surface area contributed by atoms with Crippen molar-refractivity contribution in [3.63, 3.8) is 0 Å². The minimum Gasteiger partial charge on any atom is -0.480 e. The molecule has 0 spiro atoms. The fourth-order valence-electron chi connectivity index (χ4n) is 2.53. The molecule has 0 aliphatic carbocycles. The normalized spacial score (nSPS) is 35.7. The van der Waals surface area contributed by atoms with E-state index in [1.807, 2.05) is 4.90 Å². The lowest BCUT2D eigenvalue weighted by Crippen LogP contribution is -2.43. The van der Waals surface area contributed by atoms with E-state index in [0.717, 1.165) is 13.0 Å². The van der Waals surface area contributed by atoms with Gasteiger partial charge >= 0.3 is 5.97 Å². The Morgan fingerprint density at radius 2 is 2.07 bits per heavy atom. The molecule has 6 heteroatoms. The van der Waals surface area contributed by atoms with Gasteiger partial charge in [-0.2, -0.15) is 0 Å². The zero-order valence-corrected chi connectivity index (χ0v) is 9.24. The van der Waals surface area contributed by atoms with Crippen LogP contribution in [0.25, 0.3) is 0 Å². The standard InChI is InChI=1S/C9H15NO4S/c11-9(12)8-2-1-4-10(8)7-3-5-15(13,14)6-7/h7-8H,1-6H2,(H,11,12)/t7-,8+/m0/s1. The maximum absolute atomic E-state index is 11.3. The minimum absolute atomic E-state index is 0.0707. The van der Waals surface area contributed by atoms with Gasteiger partial charge in [0.15, 0.2) is 9.84 Å². The Kier molecular flexibility index (Phi) is 2.72.